The SMILES string of the molecule is Cc1nc(N)nc2c1/C(=N/OC1CNC1)C[C@H](c1ccc(F)cc1-c1cccnc1)C2. The molecule has 1 aliphatic heterocycles. The van der Waals surface area contributed by atoms with Gasteiger partial charge in [0, 0.05) is 43.0 Å². The summed E-state index contributed by atoms with van der Waals surface area (Å²) in [5.41, 5.74) is 12.0. The predicted octanol–water partition coefficient (Wildman–Crippen LogP) is 2.99. The quantitative estimate of drug-likeness (QED) is 0.632. The Hall–Kier alpha value is -3.39. The summed E-state index contributed by atoms with van der Waals surface area (Å²) < 4.78 is 14.2. The highest BCUT2D eigenvalue weighted by atomic mass is 19.1. The number of hydrogen-bond donors (Lipinski definition) is 2. The van der Waals surface area contributed by atoms with Crippen LogP contribution in [-0.2, 0) is 11.3 Å². The van der Waals surface area contributed by atoms with Gasteiger partial charge >= 0.3 is 0 Å². The fourth-order valence-corrected chi connectivity index (χ4v) is 4.25. The molecule has 0 amide bonds. The van der Waals surface area contributed by atoms with E-state index in [9.17, 15) is 4.39 Å². The Morgan fingerprint density at radius 1 is 1.19 bits per heavy atom. The molecule has 0 bridgehead atoms. The number of oxime groups is 1. The van der Waals surface area contributed by atoms with Crippen LogP contribution in [0.15, 0.2) is 47.9 Å². The molecule has 8 heteroatoms. The van der Waals surface area contributed by atoms with Crippen LogP contribution in [0, 0.1) is 12.7 Å². The van der Waals surface area contributed by atoms with E-state index in [0.717, 1.165) is 52.4 Å². The lowest BCUT2D eigenvalue weighted by Gasteiger charge is -2.29. The maximum atomic E-state index is 14.2. The van der Waals surface area contributed by atoms with Crippen molar-refractivity contribution in [2.24, 2.45) is 5.16 Å². The second-order valence-corrected chi connectivity index (χ2v) is 7.99. The molecule has 0 radical (unpaired) electrons. The standard InChI is InChI=1S/C23H23FN6O/c1-13-22-20(29-23(25)28-13)7-15(8-21(22)30-31-17-11-27-12-17)18-5-4-16(24)9-19(18)14-3-2-6-26-10-14/h2-6,9-10,15,17,27H,7-8,11-12H2,1H3,(H2,25,28,29)/b30-21+/t15-/m1/s1. The molecule has 0 unspecified atom stereocenters. The Balaban J connectivity index is 1.58. The van der Waals surface area contributed by atoms with Crippen molar-refractivity contribution >= 4 is 11.7 Å². The largest absolute Gasteiger partial charge is 0.390 e. The van der Waals surface area contributed by atoms with Crippen LogP contribution in [0.4, 0.5) is 10.3 Å². The van der Waals surface area contributed by atoms with Crippen LogP contribution in [0.25, 0.3) is 11.1 Å². The summed E-state index contributed by atoms with van der Waals surface area (Å²) >= 11 is 0. The van der Waals surface area contributed by atoms with Gasteiger partial charge in [0.05, 0.1) is 17.1 Å². The number of aryl methyl sites for hydroxylation is 1. The second-order valence-electron chi connectivity index (χ2n) is 7.99. The summed E-state index contributed by atoms with van der Waals surface area (Å²) in [6.07, 6.45) is 4.83. The number of nitrogens with zero attached hydrogens (tertiary/aromatic N) is 4. The lowest BCUT2D eigenvalue weighted by molar-refractivity contribution is 0.0227. The molecule has 3 N–H and O–H groups in total. The summed E-state index contributed by atoms with van der Waals surface area (Å²) in [5.74, 6) is 0.00163. The normalized spacial score (nSPS) is 19.7. The minimum atomic E-state index is -0.282. The monoisotopic (exact) mass is 418 g/mol. The van der Waals surface area contributed by atoms with E-state index in [0.29, 0.717) is 12.8 Å². The van der Waals surface area contributed by atoms with Gasteiger partial charge in [-0.3, -0.25) is 4.98 Å². The van der Waals surface area contributed by atoms with Crippen LogP contribution in [0.1, 0.15) is 34.9 Å². The summed E-state index contributed by atoms with van der Waals surface area (Å²) in [7, 11) is 0. The van der Waals surface area contributed by atoms with Crippen molar-refractivity contribution in [2.45, 2.75) is 31.8 Å². The third-order valence-electron chi connectivity index (χ3n) is 5.83. The molecule has 158 valence electrons. The minimum absolute atomic E-state index is 0.0406. The molecule has 2 aromatic heterocycles. The molecular formula is C23H23FN6O. The molecule has 1 atom stereocenters. The molecule has 5 rings (SSSR count). The number of anilines is 1. The zero-order valence-electron chi connectivity index (χ0n) is 17.2. The van der Waals surface area contributed by atoms with Crippen LogP contribution < -0.4 is 11.1 Å². The number of fused-ring (bicyclic) bond motifs is 1. The van der Waals surface area contributed by atoms with Crippen LogP contribution >= 0.6 is 0 Å². The number of nitrogen functional groups attached to an aromatic ring is 1. The summed E-state index contributed by atoms with van der Waals surface area (Å²) in [6.45, 7) is 3.48. The van der Waals surface area contributed by atoms with E-state index in [1.54, 1.807) is 18.5 Å². The number of hydrogen-bond acceptors (Lipinski definition) is 7. The summed E-state index contributed by atoms with van der Waals surface area (Å²) in [4.78, 5) is 18.8. The minimum Gasteiger partial charge on any atom is -0.390 e. The fourth-order valence-electron chi connectivity index (χ4n) is 4.25. The van der Waals surface area contributed by atoms with Crippen LogP contribution in [0.2, 0.25) is 0 Å². The third kappa shape index (κ3) is 3.86. The second kappa shape index (κ2) is 8.03. The molecule has 2 aliphatic rings. The van der Waals surface area contributed by atoms with Crippen molar-refractivity contribution in [2.75, 3.05) is 18.8 Å². The molecular weight excluding hydrogens is 395 g/mol. The maximum absolute atomic E-state index is 14.2. The zero-order chi connectivity index (χ0) is 21.4. The molecule has 7 nitrogen and oxygen atoms in total. The molecule has 31 heavy (non-hydrogen) atoms. The van der Waals surface area contributed by atoms with Crippen LogP contribution in [0.3, 0.4) is 0 Å². The highest BCUT2D eigenvalue weighted by Crippen LogP contribution is 2.38. The van der Waals surface area contributed by atoms with Gasteiger partial charge in [0.2, 0.25) is 5.95 Å². The lowest BCUT2D eigenvalue weighted by atomic mass is 9.78. The van der Waals surface area contributed by atoms with E-state index in [-0.39, 0.29) is 23.8 Å². The van der Waals surface area contributed by atoms with Crippen LogP contribution in [-0.4, -0.2) is 39.9 Å². The van der Waals surface area contributed by atoms with Crippen molar-refractivity contribution in [1.82, 2.24) is 20.3 Å². The van der Waals surface area contributed by atoms with E-state index >= 15 is 0 Å². The van der Waals surface area contributed by atoms with Crippen molar-refractivity contribution in [3.63, 3.8) is 0 Å². The van der Waals surface area contributed by atoms with Gasteiger partial charge in [-0.15, -0.1) is 0 Å². The number of benzene rings is 1. The molecule has 0 spiro atoms. The molecule has 0 saturated carbocycles. The van der Waals surface area contributed by atoms with E-state index < -0.39 is 0 Å². The first kappa shape index (κ1) is 19.6. The van der Waals surface area contributed by atoms with Crippen molar-refractivity contribution in [3.8, 4) is 11.1 Å². The van der Waals surface area contributed by atoms with Gasteiger partial charge < -0.3 is 15.9 Å². The van der Waals surface area contributed by atoms with Crippen molar-refractivity contribution in [3.05, 3.63) is 71.1 Å². The molecule has 1 fully saturated rings. The molecule has 3 aromatic rings. The third-order valence-corrected chi connectivity index (χ3v) is 5.83. The van der Waals surface area contributed by atoms with Crippen molar-refractivity contribution in [1.29, 1.82) is 0 Å². The predicted molar refractivity (Wildman–Crippen MR) is 116 cm³/mol. The molecule has 3 heterocycles. The van der Waals surface area contributed by atoms with Gasteiger partial charge in [-0.25, -0.2) is 14.4 Å². The first-order valence-electron chi connectivity index (χ1n) is 10.3. The number of pyridine rings is 1. The van der Waals surface area contributed by atoms with E-state index in [1.807, 2.05) is 25.1 Å². The zero-order valence-corrected chi connectivity index (χ0v) is 17.2. The first-order valence-corrected chi connectivity index (χ1v) is 10.3. The molecule has 1 aromatic carbocycles. The van der Waals surface area contributed by atoms with Gasteiger partial charge in [-0.1, -0.05) is 17.3 Å². The average Bonchev–Trinajstić information content (AvgIpc) is 2.72. The van der Waals surface area contributed by atoms with Gasteiger partial charge in [0.1, 0.15) is 5.82 Å². The maximum Gasteiger partial charge on any atom is 0.220 e. The molecule has 1 aliphatic carbocycles. The van der Waals surface area contributed by atoms with E-state index in [1.165, 1.54) is 6.07 Å². The Labute approximate surface area is 179 Å². The topological polar surface area (TPSA) is 98.3 Å². The van der Waals surface area contributed by atoms with Crippen molar-refractivity contribution < 1.29 is 9.23 Å². The fraction of sp³-hybridized carbons (Fsp3) is 0.304. The number of nitrogens with two attached hydrogens (primary N) is 1. The summed E-state index contributed by atoms with van der Waals surface area (Å²) in [5, 5.41) is 7.68. The van der Waals surface area contributed by atoms with E-state index in [2.05, 4.69) is 25.4 Å². The molecule has 1 saturated heterocycles. The number of halogens is 1. The van der Waals surface area contributed by atoms with Gasteiger partial charge in [0.25, 0.3) is 0 Å². The smallest absolute Gasteiger partial charge is 0.220 e. The highest BCUT2D eigenvalue weighted by molar-refractivity contribution is 6.03. The number of aromatic nitrogens is 3. The Bertz CT molecular complexity index is 1150. The van der Waals surface area contributed by atoms with Gasteiger partial charge in [0.15, 0.2) is 6.10 Å². The lowest BCUT2D eigenvalue weighted by Crippen LogP contribution is -2.47. The van der Waals surface area contributed by atoms with Gasteiger partial charge in [-0.05, 0) is 48.6 Å². The number of nitrogens with one attached hydrogen (secondary N) is 1. The Morgan fingerprint density at radius 3 is 2.81 bits per heavy atom. The average molecular weight is 418 g/mol. The van der Waals surface area contributed by atoms with E-state index in [4.69, 9.17) is 10.6 Å². The van der Waals surface area contributed by atoms with Crippen LogP contribution in [0.5, 0.6) is 0 Å². The Kier molecular flexibility index (Phi) is 5.07. The highest BCUT2D eigenvalue weighted by Gasteiger charge is 2.31. The Morgan fingerprint density at radius 2 is 2.06 bits per heavy atom. The number of rotatable bonds is 4. The van der Waals surface area contributed by atoms with Gasteiger partial charge in [-0.2, -0.15) is 0 Å². The summed E-state index contributed by atoms with van der Waals surface area (Å²) in [6, 6.07) is 8.70. The first-order chi connectivity index (χ1) is 15.1.